The Balaban J connectivity index is 1.81. The molecule has 0 bridgehead atoms. The van der Waals surface area contributed by atoms with Crippen LogP contribution in [-0.2, 0) is 9.59 Å². The normalized spacial score (nSPS) is 21.9. The van der Waals surface area contributed by atoms with Crippen molar-refractivity contribution in [1.82, 2.24) is 4.90 Å². The van der Waals surface area contributed by atoms with Crippen molar-refractivity contribution in [1.29, 1.82) is 0 Å². The van der Waals surface area contributed by atoms with Gasteiger partial charge in [-0.1, -0.05) is 18.9 Å². The van der Waals surface area contributed by atoms with Gasteiger partial charge in [0.1, 0.15) is 17.7 Å². The topological polar surface area (TPSA) is 57.6 Å². The number of imide groups is 1. The Morgan fingerprint density at radius 1 is 1.18 bits per heavy atom. The molecule has 1 heterocycles. The van der Waals surface area contributed by atoms with Gasteiger partial charge in [-0.25, -0.2) is 8.78 Å². The highest BCUT2D eigenvalue weighted by atomic mass is 19.1. The summed E-state index contributed by atoms with van der Waals surface area (Å²) < 4.78 is 27.4. The van der Waals surface area contributed by atoms with Crippen molar-refractivity contribution >= 4 is 11.8 Å². The summed E-state index contributed by atoms with van der Waals surface area (Å²) >= 11 is 0. The van der Waals surface area contributed by atoms with Crippen LogP contribution >= 0.6 is 0 Å². The maximum atomic E-state index is 13.7. The van der Waals surface area contributed by atoms with Crippen molar-refractivity contribution in [2.24, 2.45) is 5.41 Å². The summed E-state index contributed by atoms with van der Waals surface area (Å²) in [5, 5.41) is 10.1. The van der Waals surface area contributed by atoms with Gasteiger partial charge in [0.25, 0.3) is 0 Å². The lowest BCUT2D eigenvalue weighted by Gasteiger charge is -2.23. The Kier molecular flexibility index (Phi) is 3.72. The second-order valence-electron chi connectivity index (χ2n) is 6.12. The third kappa shape index (κ3) is 2.31. The second kappa shape index (κ2) is 5.43. The Hall–Kier alpha value is -1.82. The summed E-state index contributed by atoms with van der Waals surface area (Å²) in [5.74, 6) is -2.46. The summed E-state index contributed by atoms with van der Waals surface area (Å²) in [5.41, 5.74) is -1.15. The van der Waals surface area contributed by atoms with Crippen LogP contribution in [0.3, 0.4) is 0 Å². The van der Waals surface area contributed by atoms with E-state index >= 15 is 0 Å². The highest BCUT2D eigenvalue weighted by Crippen LogP contribution is 2.47. The predicted molar refractivity (Wildman–Crippen MR) is 73.6 cm³/mol. The molecule has 1 unspecified atom stereocenters. The zero-order valence-electron chi connectivity index (χ0n) is 12.0. The number of β-amino-alcohol motifs (C(OH)–C–C–N with tert-alkyl or cyclic N) is 1. The molecule has 1 saturated carbocycles. The molecule has 22 heavy (non-hydrogen) atoms. The summed E-state index contributed by atoms with van der Waals surface area (Å²) in [7, 11) is 0. The average Bonchev–Trinajstić information content (AvgIpc) is 3.00. The van der Waals surface area contributed by atoms with Crippen LogP contribution in [0.5, 0.6) is 0 Å². The number of benzene rings is 1. The lowest BCUT2D eigenvalue weighted by Crippen LogP contribution is -2.37. The highest BCUT2D eigenvalue weighted by molar-refractivity contribution is 6.06. The number of amides is 2. The van der Waals surface area contributed by atoms with E-state index in [4.69, 9.17) is 0 Å². The Morgan fingerprint density at radius 2 is 1.77 bits per heavy atom. The number of carbonyl (C=O) groups is 2. The van der Waals surface area contributed by atoms with Gasteiger partial charge < -0.3 is 5.11 Å². The van der Waals surface area contributed by atoms with Crippen LogP contribution < -0.4 is 0 Å². The van der Waals surface area contributed by atoms with Gasteiger partial charge in [0.2, 0.25) is 11.8 Å². The number of rotatable bonds is 3. The van der Waals surface area contributed by atoms with Gasteiger partial charge >= 0.3 is 0 Å². The average molecular weight is 309 g/mol. The maximum absolute atomic E-state index is 13.7. The Morgan fingerprint density at radius 3 is 2.36 bits per heavy atom. The molecule has 118 valence electrons. The van der Waals surface area contributed by atoms with Gasteiger partial charge in [0.05, 0.1) is 17.5 Å². The van der Waals surface area contributed by atoms with E-state index in [-0.39, 0.29) is 18.2 Å². The van der Waals surface area contributed by atoms with E-state index in [0.717, 1.165) is 29.9 Å². The van der Waals surface area contributed by atoms with Crippen molar-refractivity contribution in [3.63, 3.8) is 0 Å². The van der Waals surface area contributed by atoms with Crippen molar-refractivity contribution in [2.75, 3.05) is 6.54 Å². The van der Waals surface area contributed by atoms with Crippen LogP contribution in [0.1, 0.15) is 43.8 Å². The molecule has 2 fully saturated rings. The fourth-order valence-corrected chi connectivity index (χ4v) is 3.58. The van der Waals surface area contributed by atoms with E-state index in [0.29, 0.717) is 12.8 Å². The molecule has 1 N–H and O–H groups in total. The van der Waals surface area contributed by atoms with Crippen LogP contribution in [-0.4, -0.2) is 28.4 Å². The minimum absolute atomic E-state index is 0.137. The summed E-state index contributed by atoms with van der Waals surface area (Å²) in [6.07, 6.45) is 1.70. The molecule has 1 atom stereocenters. The molecule has 1 aromatic carbocycles. The van der Waals surface area contributed by atoms with Gasteiger partial charge in [0.15, 0.2) is 0 Å². The maximum Gasteiger partial charge on any atom is 0.236 e. The molecule has 2 aliphatic rings. The number of carbonyl (C=O) groups excluding carboxylic acids is 2. The zero-order valence-corrected chi connectivity index (χ0v) is 12.0. The van der Waals surface area contributed by atoms with E-state index in [1.54, 1.807) is 0 Å². The Bertz CT molecular complexity index is 606. The van der Waals surface area contributed by atoms with E-state index in [1.165, 1.54) is 6.07 Å². The minimum atomic E-state index is -1.56. The second-order valence-corrected chi connectivity index (χ2v) is 6.12. The van der Waals surface area contributed by atoms with Crippen molar-refractivity contribution in [2.45, 2.75) is 38.2 Å². The number of nitrogens with zero attached hydrogens (tertiary/aromatic N) is 1. The Labute approximate surface area is 126 Å². The number of aliphatic hydroxyl groups is 1. The number of hydrogen-bond donors (Lipinski definition) is 1. The summed E-state index contributed by atoms with van der Waals surface area (Å²) in [6, 6.07) is 3.27. The van der Waals surface area contributed by atoms with E-state index in [2.05, 4.69) is 0 Å². The number of halogens is 2. The van der Waals surface area contributed by atoms with Gasteiger partial charge in [-0.2, -0.15) is 0 Å². The monoisotopic (exact) mass is 309 g/mol. The molecule has 3 rings (SSSR count). The number of hydrogen-bond acceptors (Lipinski definition) is 3. The minimum Gasteiger partial charge on any atom is -0.386 e. The molecule has 4 nitrogen and oxygen atoms in total. The first-order valence-electron chi connectivity index (χ1n) is 7.41. The highest BCUT2D eigenvalue weighted by Gasteiger charge is 2.52. The van der Waals surface area contributed by atoms with E-state index in [9.17, 15) is 23.5 Å². The predicted octanol–water partition coefficient (Wildman–Crippen LogP) is 2.32. The van der Waals surface area contributed by atoms with Gasteiger partial charge in [-0.05, 0) is 25.0 Å². The summed E-state index contributed by atoms with van der Waals surface area (Å²) in [6.45, 7) is -0.405. The number of aliphatic hydroxyl groups excluding tert-OH is 1. The lowest BCUT2D eigenvalue weighted by atomic mass is 9.84. The fourth-order valence-electron chi connectivity index (χ4n) is 3.58. The molecule has 1 aromatic rings. The molecule has 0 radical (unpaired) electrons. The van der Waals surface area contributed by atoms with Gasteiger partial charge in [-0.3, -0.25) is 14.5 Å². The summed E-state index contributed by atoms with van der Waals surface area (Å²) in [4.78, 5) is 25.5. The van der Waals surface area contributed by atoms with Crippen LogP contribution in [0.15, 0.2) is 18.2 Å². The van der Waals surface area contributed by atoms with Gasteiger partial charge in [-0.15, -0.1) is 0 Å². The zero-order chi connectivity index (χ0) is 15.9. The molecule has 0 aromatic heterocycles. The molecule has 1 aliphatic heterocycles. The first kappa shape index (κ1) is 15.1. The standard InChI is InChI=1S/C16H17F2NO3/c17-10-4-3-5-11(18)14(10)12(20)9-19-13(21)8-16(15(19)22)6-1-2-7-16/h3-5,12,20H,1-2,6-9H2. The molecular formula is C16H17F2NO3. The van der Waals surface area contributed by atoms with Crippen LogP contribution in [0.2, 0.25) is 0 Å². The van der Waals surface area contributed by atoms with E-state index < -0.39 is 35.3 Å². The molecule has 1 spiro atoms. The molecule has 1 saturated heterocycles. The van der Waals surface area contributed by atoms with Crippen molar-refractivity contribution in [3.8, 4) is 0 Å². The van der Waals surface area contributed by atoms with E-state index in [1.807, 2.05) is 0 Å². The molecule has 6 heteroatoms. The smallest absolute Gasteiger partial charge is 0.236 e. The van der Waals surface area contributed by atoms with Crippen LogP contribution in [0, 0.1) is 17.0 Å². The molecule has 2 amide bonds. The first-order valence-corrected chi connectivity index (χ1v) is 7.41. The number of likely N-dealkylation sites (tertiary alicyclic amines) is 1. The quantitative estimate of drug-likeness (QED) is 0.872. The van der Waals surface area contributed by atoms with Crippen LogP contribution in [0.25, 0.3) is 0 Å². The molecule has 1 aliphatic carbocycles. The van der Waals surface area contributed by atoms with Crippen LogP contribution in [0.4, 0.5) is 8.78 Å². The first-order chi connectivity index (χ1) is 10.4. The lowest BCUT2D eigenvalue weighted by molar-refractivity contribution is -0.143. The third-order valence-electron chi connectivity index (χ3n) is 4.74. The van der Waals surface area contributed by atoms with Gasteiger partial charge in [0, 0.05) is 6.42 Å². The van der Waals surface area contributed by atoms with Crippen molar-refractivity contribution < 1.29 is 23.5 Å². The van der Waals surface area contributed by atoms with Crippen molar-refractivity contribution in [3.05, 3.63) is 35.4 Å². The third-order valence-corrected chi connectivity index (χ3v) is 4.74. The molecular weight excluding hydrogens is 292 g/mol. The largest absolute Gasteiger partial charge is 0.386 e. The SMILES string of the molecule is O=C1CC2(CCCC2)C(=O)N1CC(O)c1c(F)cccc1F. The fraction of sp³-hybridized carbons (Fsp3) is 0.500.